The molecule has 0 aliphatic rings. The van der Waals surface area contributed by atoms with Gasteiger partial charge < -0.3 is 5.11 Å². The van der Waals surface area contributed by atoms with Crippen LogP contribution < -0.4 is 0 Å². The van der Waals surface area contributed by atoms with Crippen LogP contribution in [0.25, 0.3) is 0 Å². The molecule has 0 aliphatic heterocycles. The fourth-order valence-electron chi connectivity index (χ4n) is 0.223. The topological polar surface area (TPSA) is 62.0 Å². The van der Waals surface area contributed by atoms with E-state index in [0.29, 0.717) is 0 Å². The van der Waals surface area contributed by atoms with E-state index < -0.39 is 12.0 Å². The third-order valence-electron chi connectivity index (χ3n) is 0.646. The summed E-state index contributed by atoms with van der Waals surface area (Å²) in [5, 5.41) is 14.8. The van der Waals surface area contributed by atoms with Gasteiger partial charge in [-0.1, -0.05) is 0 Å². The molecular weight excluding hydrogens is 108 g/mol. The SMILES string of the molecule is CN=NC(C)C(=O)O. The Balaban J connectivity index is 3.64. The minimum Gasteiger partial charge on any atom is -0.480 e. The predicted molar refractivity (Wildman–Crippen MR) is 27.9 cm³/mol. The average molecular weight is 116 g/mol. The Labute approximate surface area is 47.2 Å². The van der Waals surface area contributed by atoms with Crippen molar-refractivity contribution in [3.05, 3.63) is 0 Å². The number of nitrogens with zero attached hydrogens (tertiary/aromatic N) is 2. The minimum atomic E-state index is -0.949. The molecule has 46 valence electrons. The first-order chi connectivity index (χ1) is 3.68. The average Bonchev–Trinajstić information content (AvgIpc) is 1.67. The fourth-order valence-corrected chi connectivity index (χ4v) is 0.223. The first kappa shape index (κ1) is 7.07. The second kappa shape index (κ2) is 3.12. The van der Waals surface area contributed by atoms with Crippen molar-refractivity contribution in [2.75, 3.05) is 7.05 Å². The monoisotopic (exact) mass is 116 g/mol. The smallest absolute Gasteiger partial charge is 0.330 e. The molecule has 0 aromatic heterocycles. The first-order valence-corrected chi connectivity index (χ1v) is 2.20. The van der Waals surface area contributed by atoms with Crippen LogP contribution in [0.1, 0.15) is 6.92 Å². The van der Waals surface area contributed by atoms with E-state index in [2.05, 4.69) is 10.2 Å². The summed E-state index contributed by atoms with van der Waals surface area (Å²) in [4.78, 5) is 9.94. The number of carboxylic acids is 1. The van der Waals surface area contributed by atoms with Crippen molar-refractivity contribution in [1.82, 2.24) is 0 Å². The van der Waals surface area contributed by atoms with Crippen LogP contribution in [0.4, 0.5) is 0 Å². The summed E-state index contributed by atoms with van der Waals surface area (Å²) in [7, 11) is 1.44. The number of carboxylic acid groups (broad SMARTS) is 1. The van der Waals surface area contributed by atoms with Gasteiger partial charge in [0.05, 0.1) is 0 Å². The van der Waals surface area contributed by atoms with Crippen molar-refractivity contribution in [2.45, 2.75) is 13.0 Å². The lowest BCUT2D eigenvalue weighted by Gasteiger charge is -1.92. The zero-order valence-electron chi connectivity index (χ0n) is 4.83. The lowest BCUT2D eigenvalue weighted by atomic mass is 10.4. The maximum Gasteiger partial charge on any atom is 0.330 e. The molecule has 0 aromatic rings. The number of rotatable bonds is 2. The highest BCUT2D eigenvalue weighted by Gasteiger charge is 2.06. The molecule has 0 spiro atoms. The summed E-state index contributed by atoms with van der Waals surface area (Å²) in [6, 6.07) is -0.708. The van der Waals surface area contributed by atoms with Crippen LogP contribution in [-0.2, 0) is 4.79 Å². The van der Waals surface area contributed by atoms with Gasteiger partial charge in [0.25, 0.3) is 0 Å². The number of hydrogen-bond acceptors (Lipinski definition) is 3. The summed E-state index contributed by atoms with van der Waals surface area (Å²) in [5.41, 5.74) is 0. The number of azo groups is 1. The second-order valence-electron chi connectivity index (χ2n) is 1.33. The van der Waals surface area contributed by atoms with Gasteiger partial charge in [0.2, 0.25) is 0 Å². The van der Waals surface area contributed by atoms with Crippen molar-refractivity contribution in [3.63, 3.8) is 0 Å². The predicted octanol–water partition coefficient (Wildman–Crippen LogP) is 0.542. The van der Waals surface area contributed by atoms with Crippen LogP contribution >= 0.6 is 0 Å². The number of hydrogen-bond donors (Lipinski definition) is 1. The summed E-state index contributed by atoms with van der Waals surface area (Å²) in [6.45, 7) is 1.47. The molecule has 0 aromatic carbocycles. The van der Waals surface area contributed by atoms with Crippen molar-refractivity contribution in [3.8, 4) is 0 Å². The number of aliphatic carboxylic acids is 1. The molecule has 1 N–H and O–H groups in total. The molecule has 4 nitrogen and oxygen atoms in total. The molecule has 0 amide bonds. The van der Waals surface area contributed by atoms with E-state index in [1.807, 2.05) is 0 Å². The molecule has 0 heterocycles. The molecule has 1 unspecified atom stereocenters. The molecule has 0 rings (SSSR count). The Kier molecular flexibility index (Phi) is 2.76. The molecule has 0 radical (unpaired) electrons. The van der Waals surface area contributed by atoms with E-state index in [1.165, 1.54) is 14.0 Å². The zero-order valence-corrected chi connectivity index (χ0v) is 4.83. The summed E-state index contributed by atoms with van der Waals surface area (Å²) in [6.07, 6.45) is 0. The van der Waals surface area contributed by atoms with E-state index in [1.54, 1.807) is 0 Å². The first-order valence-electron chi connectivity index (χ1n) is 2.20. The van der Waals surface area contributed by atoms with Crippen molar-refractivity contribution in [2.24, 2.45) is 10.2 Å². The molecule has 0 bridgehead atoms. The van der Waals surface area contributed by atoms with Gasteiger partial charge in [-0.05, 0) is 6.92 Å². The maximum absolute atomic E-state index is 9.94. The Morgan fingerprint density at radius 3 is 2.38 bits per heavy atom. The largest absolute Gasteiger partial charge is 0.480 e. The van der Waals surface area contributed by atoms with Gasteiger partial charge >= 0.3 is 5.97 Å². The van der Waals surface area contributed by atoms with Gasteiger partial charge in [-0.25, -0.2) is 4.79 Å². The zero-order chi connectivity index (χ0) is 6.57. The Hall–Kier alpha value is -0.930. The Bertz CT molecular complexity index is 111. The molecule has 1 atom stereocenters. The number of carbonyl (C=O) groups is 1. The van der Waals surface area contributed by atoms with Crippen LogP contribution in [0, 0.1) is 0 Å². The van der Waals surface area contributed by atoms with Crippen molar-refractivity contribution in [1.29, 1.82) is 0 Å². The highest BCUT2D eigenvalue weighted by Crippen LogP contribution is 1.87. The molecule has 0 saturated carbocycles. The van der Waals surface area contributed by atoms with Crippen molar-refractivity contribution >= 4 is 5.97 Å². The van der Waals surface area contributed by atoms with Crippen molar-refractivity contribution < 1.29 is 9.90 Å². The van der Waals surface area contributed by atoms with Crippen LogP contribution in [0.2, 0.25) is 0 Å². The van der Waals surface area contributed by atoms with E-state index in [0.717, 1.165) is 0 Å². The van der Waals surface area contributed by atoms with Crippen LogP contribution in [0.5, 0.6) is 0 Å². The maximum atomic E-state index is 9.94. The Morgan fingerprint density at radius 1 is 1.75 bits per heavy atom. The molecule has 0 saturated heterocycles. The van der Waals surface area contributed by atoms with E-state index >= 15 is 0 Å². The molecule has 8 heavy (non-hydrogen) atoms. The summed E-state index contributed by atoms with van der Waals surface area (Å²) in [5.74, 6) is -0.949. The summed E-state index contributed by atoms with van der Waals surface area (Å²) < 4.78 is 0. The molecule has 0 fully saturated rings. The van der Waals surface area contributed by atoms with Gasteiger partial charge in [0.1, 0.15) is 0 Å². The van der Waals surface area contributed by atoms with Gasteiger partial charge in [0.15, 0.2) is 6.04 Å². The van der Waals surface area contributed by atoms with E-state index in [9.17, 15) is 4.79 Å². The van der Waals surface area contributed by atoms with Gasteiger partial charge in [-0.2, -0.15) is 10.2 Å². The highest BCUT2D eigenvalue weighted by atomic mass is 16.4. The van der Waals surface area contributed by atoms with E-state index in [4.69, 9.17) is 5.11 Å². The molecule has 0 aliphatic carbocycles. The molecule has 4 heteroatoms. The lowest BCUT2D eigenvalue weighted by molar-refractivity contribution is -0.138. The van der Waals surface area contributed by atoms with Gasteiger partial charge in [0, 0.05) is 7.05 Å². The highest BCUT2D eigenvalue weighted by molar-refractivity contribution is 5.72. The third kappa shape index (κ3) is 2.28. The second-order valence-corrected chi connectivity index (χ2v) is 1.33. The van der Waals surface area contributed by atoms with Gasteiger partial charge in [-0.3, -0.25) is 0 Å². The quantitative estimate of drug-likeness (QED) is 0.535. The normalized spacial score (nSPS) is 14.2. The lowest BCUT2D eigenvalue weighted by Crippen LogP contribution is -2.11. The standard InChI is InChI=1S/C4H8N2O2/c1-3(4(7)8)6-5-2/h3H,1-2H3,(H,7,8). The fraction of sp³-hybridized carbons (Fsp3) is 0.750. The Morgan fingerprint density at radius 2 is 2.25 bits per heavy atom. The summed E-state index contributed by atoms with van der Waals surface area (Å²) >= 11 is 0. The van der Waals surface area contributed by atoms with Crippen LogP contribution in [0.3, 0.4) is 0 Å². The van der Waals surface area contributed by atoms with Crippen LogP contribution in [0.15, 0.2) is 10.2 Å². The van der Waals surface area contributed by atoms with E-state index in [-0.39, 0.29) is 0 Å². The minimum absolute atomic E-state index is 0.708. The van der Waals surface area contributed by atoms with Gasteiger partial charge in [-0.15, -0.1) is 0 Å². The molecular formula is C4H8N2O2. The van der Waals surface area contributed by atoms with Crippen LogP contribution in [-0.4, -0.2) is 24.2 Å². The third-order valence-corrected chi connectivity index (χ3v) is 0.646.